The number of para-hydroxylation sites is 1. The van der Waals surface area contributed by atoms with Crippen LogP contribution < -0.4 is 10.1 Å². The molecule has 2 aromatic carbocycles. The van der Waals surface area contributed by atoms with Crippen molar-refractivity contribution in [3.63, 3.8) is 0 Å². The van der Waals surface area contributed by atoms with Gasteiger partial charge in [-0.3, -0.25) is 9.78 Å². The van der Waals surface area contributed by atoms with E-state index in [1.165, 1.54) is 13.3 Å². The molecule has 0 bridgehead atoms. The summed E-state index contributed by atoms with van der Waals surface area (Å²) >= 11 is 0. The number of hydrogen-bond acceptors (Lipinski definition) is 5. The number of amides is 1. The van der Waals surface area contributed by atoms with Crippen LogP contribution in [0, 0.1) is 0 Å². The number of nitrogens with zero attached hydrogens (tertiary/aromatic N) is 1. The van der Waals surface area contributed by atoms with Crippen molar-refractivity contribution in [2.75, 3.05) is 13.7 Å². The SMILES string of the molecule is COc1ccccc1C(=O)NCC(c1cccnc1)S(=O)(=O)c1ccc(C(C)C)cc1. The van der Waals surface area contributed by atoms with Gasteiger partial charge in [0, 0.05) is 18.9 Å². The molecule has 7 heteroatoms. The van der Waals surface area contributed by atoms with Gasteiger partial charge >= 0.3 is 0 Å². The summed E-state index contributed by atoms with van der Waals surface area (Å²) in [6, 6.07) is 17.1. The lowest BCUT2D eigenvalue weighted by Crippen LogP contribution is -2.32. The monoisotopic (exact) mass is 438 g/mol. The summed E-state index contributed by atoms with van der Waals surface area (Å²) < 4.78 is 32.2. The van der Waals surface area contributed by atoms with E-state index in [-0.39, 0.29) is 11.4 Å². The molecule has 3 rings (SSSR count). The van der Waals surface area contributed by atoms with E-state index in [0.717, 1.165) is 5.56 Å². The molecule has 6 nitrogen and oxygen atoms in total. The van der Waals surface area contributed by atoms with E-state index >= 15 is 0 Å². The van der Waals surface area contributed by atoms with Gasteiger partial charge in [0.2, 0.25) is 0 Å². The number of pyridine rings is 1. The maximum atomic E-state index is 13.5. The molecule has 1 amide bonds. The first-order valence-electron chi connectivity index (χ1n) is 9.99. The standard InChI is InChI=1S/C24H26N2O4S/c1-17(2)18-10-12-20(13-11-18)31(28,29)23(19-7-6-14-25-15-19)16-26-24(27)21-8-4-5-9-22(21)30-3/h4-15,17,23H,16H2,1-3H3,(H,26,27). The molecule has 1 heterocycles. The molecule has 0 aliphatic carbocycles. The molecule has 1 N–H and O–H groups in total. The van der Waals surface area contributed by atoms with Gasteiger partial charge < -0.3 is 10.1 Å². The summed E-state index contributed by atoms with van der Waals surface area (Å²) in [5, 5.41) is 1.77. The van der Waals surface area contributed by atoms with Crippen LogP contribution in [0.25, 0.3) is 0 Å². The molecular formula is C24H26N2O4S. The van der Waals surface area contributed by atoms with E-state index in [4.69, 9.17) is 4.74 Å². The van der Waals surface area contributed by atoms with Crippen LogP contribution >= 0.6 is 0 Å². The van der Waals surface area contributed by atoms with Crippen LogP contribution in [-0.2, 0) is 9.84 Å². The van der Waals surface area contributed by atoms with Crippen LogP contribution in [0.2, 0.25) is 0 Å². The molecule has 0 saturated heterocycles. The molecule has 0 radical (unpaired) electrons. The molecule has 1 aromatic heterocycles. The van der Waals surface area contributed by atoms with Gasteiger partial charge in [-0.05, 0) is 47.4 Å². The average Bonchev–Trinajstić information content (AvgIpc) is 2.79. The Morgan fingerprint density at radius 3 is 2.32 bits per heavy atom. The third-order valence-corrected chi connectivity index (χ3v) is 7.22. The van der Waals surface area contributed by atoms with Crippen molar-refractivity contribution in [1.29, 1.82) is 0 Å². The third kappa shape index (κ3) is 5.11. The summed E-state index contributed by atoms with van der Waals surface area (Å²) in [7, 11) is -2.29. The number of methoxy groups -OCH3 is 1. The lowest BCUT2D eigenvalue weighted by atomic mass is 10.0. The summed E-state index contributed by atoms with van der Waals surface area (Å²) in [6.45, 7) is 4.00. The minimum Gasteiger partial charge on any atom is -0.496 e. The van der Waals surface area contributed by atoms with Gasteiger partial charge in [-0.1, -0.05) is 44.2 Å². The zero-order chi connectivity index (χ0) is 22.4. The normalized spacial score (nSPS) is 12.4. The highest BCUT2D eigenvalue weighted by Gasteiger charge is 2.30. The van der Waals surface area contributed by atoms with E-state index in [0.29, 0.717) is 22.8 Å². The molecule has 31 heavy (non-hydrogen) atoms. The topological polar surface area (TPSA) is 85.4 Å². The number of nitrogens with one attached hydrogen (secondary N) is 1. The maximum Gasteiger partial charge on any atom is 0.255 e. The van der Waals surface area contributed by atoms with Crippen molar-refractivity contribution in [3.05, 3.63) is 89.7 Å². The predicted octanol–water partition coefficient (Wildman–Crippen LogP) is 4.16. The van der Waals surface area contributed by atoms with Crippen molar-refractivity contribution in [3.8, 4) is 5.75 Å². The lowest BCUT2D eigenvalue weighted by molar-refractivity contribution is 0.0950. The Balaban J connectivity index is 1.91. The molecule has 0 aliphatic heterocycles. The molecule has 1 unspecified atom stereocenters. The smallest absolute Gasteiger partial charge is 0.255 e. The highest BCUT2D eigenvalue weighted by molar-refractivity contribution is 7.91. The van der Waals surface area contributed by atoms with Crippen LogP contribution in [0.3, 0.4) is 0 Å². The van der Waals surface area contributed by atoms with Crippen molar-refractivity contribution in [1.82, 2.24) is 10.3 Å². The van der Waals surface area contributed by atoms with Crippen LogP contribution in [0.15, 0.2) is 78.0 Å². The third-order valence-electron chi connectivity index (χ3n) is 5.11. The summed E-state index contributed by atoms with van der Waals surface area (Å²) in [6.07, 6.45) is 3.10. The fourth-order valence-corrected chi connectivity index (χ4v) is 4.94. The number of carbonyl (C=O) groups is 1. The van der Waals surface area contributed by atoms with Gasteiger partial charge in [0.25, 0.3) is 5.91 Å². The zero-order valence-corrected chi connectivity index (χ0v) is 18.6. The number of rotatable bonds is 8. The van der Waals surface area contributed by atoms with E-state index in [1.807, 2.05) is 12.1 Å². The molecule has 0 saturated carbocycles. The van der Waals surface area contributed by atoms with E-state index in [9.17, 15) is 13.2 Å². The second kappa shape index (κ2) is 9.75. The quantitative estimate of drug-likeness (QED) is 0.571. The summed E-state index contributed by atoms with van der Waals surface area (Å²) in [5.74, 6) is 0.313. The van der Waals surface area contributed by atoms with Crippen LogP contribution in [0.4, 0.5) is 0 Å². The van der Waals surface area contributed by atoms with Crippen LogP contribution in [-0.4, -0.2) is 33.0 Å². The first-order valence-corrected chi connectivity index (χ1v) is 11.5. The second-order valence-electron chi connectivity index (χ2n) is 7.45. The Morgan fingerprint density at radius 2 is 1.71 bits per heavy atom. The average molecular weight is 439 g/mol. The number of ether oxygens (including phenoxy) is 1. The van der Waals surface area contributed by atoms with E-state index in [1.54, 1.807) is 54.7 Å². The second-order valence-corrected chi connectivity index (χ2v) is 9.58. The Hall–Kier alpha value is -3.19. The number of hydrogen-bond donors (Lipinski definition) is 1. The van der Waals surface area contributed by atoms with Crippen molar-refractivity contribution < 1.29 is 17.9 Å². The number of aromatic nitrogens is 1. The first kappa shape index (κ1) is 22.5. The van der Waals surface area contributed by atoms with Gasteiger partial charge in [0.05, 0.1) is 17.6 Å². The van der Waals surface area contributed by atoms with Crippen molar-refractivity contribution in [2.45, 2.75) is 29.9 Å². The molecule has 1 atom stereocenters. The largest absolute Gasteiger partial charge is 0.496 e. The van der Waals surface area contributed by atoms with Gasteiger partial charge in [0.15, 0.2) is 9.84 Å². The van der Waals surface area contributed by atoms with Crippen LogP contribution in [0.1, 0.15) is 46.5 Å². The molecule has 3 aromatic rings. The molecular weight excluding hydrogens is 412 g/mol. The maximum absolute atomic E-state index is 13.5. The number of sulfone groups is 1. The molecule has 162 valence electrons. The van der Waals surface area contributed by atoms with Gasteiger partial charge in [-0.2, -0.15) is 0 Å². The Bertz CT molecular complexity index is 1130. The molecule has 0 fully saturated rings. The highest BCUT2D eigenvalue weighted by atomic mass is 32.2. The Labute approximate surface area is 183 Å². The molecule has 0 spiro atoms. The van der Waals surface area contributed by atoms with E-state index in [2.05, 4.69) is 24.1 Å². The minimum absolute atomic E-state index is 0.100. The van der Waals surface area contributed by atoms with Crippen molar-refractivity contribution >= 4 is 15.7 Å². The van der Waals surface area contributed by atoms with E-state index < -0.39 is 21.0 Å². The lowest BCUT2D eigenvalue weighted by Gasteiger charge is -2.19. The zero-order valence-electron chi connectivity index (χ0n) is 17.8. The fraction of sp³-hybridized carbons (Fsp3) is 0.250. The summed E-state index contributed by atoms with van der Waals surface area (Å²) in [4.78, 5) is 17.0. The number of carbonyl (C=O) groups excluding carboxylic acids is 1. The predicted molar refractivity (Wildman–Crippen MR) is 120 cm³/mol. The fourth-order valence-electron chi connectivity index (χ4n) is 3.29. The Morgan fingerprint density at radius 1 is 1.00 bits per heavy atom. The van der Waals surface area contributed by atoms with Gasteiger partial charge in [0.1, 0.15) is 11.0 Å². The van der Waals surface area contributed by atoms with Crippen LogP contribution in [0.5, 0.6) is 5.75 Å². The van der Waals surface area contributed by atoms with Gasteiger partial charge in [-0.15, -0.1) is 0 Å². The minimum atomic E-state index is -3.78. The first-order chi connectivity index (χ1) is 14.8. The number of benzene rings is 2. The highest BCUT2D eigenvalue weighted by Crippen LogP contribution is 2.29. The summed E-state index contributed by atoms with van der Waals surface area (Å²) in [5.41, 5.74) is 1.91. The molecule has 0 aliphatic rings. The van der Waals surface area contributed by atoms with Gasteiger partial charge in [-0.25, -0.2) is 8.42 Å². The Kier molecular flexibility index (Phi) is 7.07. The van der Waals surface area contributed by atoms with Crippen molar-refractivity contribution in [2.24, 2.45) is 0 Å².